The lowest BCUT2D eigenvalue weighted by molar-refractivity contribution is -0.146. The fourth-order valence-corrected chi connectivity index (χ4v) is 6.35. The minimum atomic E-state index is -0.302. The number of ether oxygens (including phenoxy) is 2. The van der Waals surface area contributed by atoms with Gasteiger partial charge in [0.1, 0.15) is 5.75 Å². The summed E-state index contributed by atoms with van der Waals surface area (Å²) in [5.41, 5.74) is 2.46. The lowest BCUT2D eigenvalue weighted by Crippen LogP contribution is -2.28. The summed E-state index contributed by atoms with van der Waals surface area (Å²) in [5, 5.41) is 21.3. The van der Waals surface area contributed by atoms with Crippen LogP contribution in [-0.4, -0.2) is 41.6 Å². The highest BCUT2D eigenvalue weighted by atomic mass is 16.6. The van der Waals surface area contributed by atoms with Gasteiger partial charge < -0.3 is 19.7 Å². The van der Waals surface area contributed by atoms with Gasteiger partial charge in [-0.1, -0.05) is 77.3 Å². The van der Waals surface area contributed by atoms with Crippen LogP contribution in [0.3, 0.4) is 0 Å². The summed E-state index contributed by atoms with van der Waals surface area (Å²) >= 11 is 0. The van der Waals surface area contributed by atoms with Crippen molar-refractivity contribution < 1.29 is 24.5 Å². The fourth-order valence-electron chi connectivity index (χ4n) is 6.35. The van der Waals surface area contributed by atoms with E-state index in [2.05, 4.69) is 19.9 Å². The normalized spacial score (nSPS) is 23.7. The van der Waals surface area contributed by atoms with Crippen LogP contribution < -0.4 is 4.74 Å². The topological polar surface area (TPSA) is 76.0 Å². The van der Waals surface area contributed by atoms with Crippen LogP contribution in [0.15, 0.2) is 18.2 Å². The van der Waals surface area contributed by atoms with Gasteiger partial charge in [0, 0.05) is 0 Å². The zero-order chi connectivity index (χ0) is 25.8. The second kappa shape index (κ2) is 15.6. The molecule has 5 heteroatoms. The number of aliphatic hydroxyl groups excluding tert-OH is 2. The van der Waals surface area contributed by atoms with Crippen LogP contribution in [0.25, 0.3) is 0 Å². The molecule has 0 bridgehead atoms. The smallest absolute Gasteiger partial charge is 0.344 e. The minimum Gasteiger partial charge on any atom is -0.482 e. The SMILES string of the molecule is CCCCCCCCOC(=O)COc1cccc2c1C[C@H]1C[C@@H](O)[C@H](CC[C@@H](O)CCCCC)[C@H]1C2. The van der Waals surface area contributed by atoms with Crippen molar-refractivity contribution in [2.24, 2.45) is 17.8 Å². The van der Waals surface area contributed by atoms with E-state index in [9.17, 15) is 15.0 Å². The number of carbonyl (C=O) groups excluding carboxylic acids is 1. The van der Waals surface area contributed by atoms with Crippen LogP contribution in [0.4, 0.5) is 0 Å². The van der Waals surface area contributed by atoms with Crippen molar-refractivity contribution in [1.82, 2.24) is 0 Å². The molecule has 3 rings (SSSR count). The van der Waals surface area contributed by atoms with Crippen LogP contribution in [0.1, 0.15) is 108 Å². The molecule has 0 spiro atoms. The molecule has 36 heavy (non-hydrogen) atoms. The highest BCUT2D eigenvalue weighted by Gasteiger charge is 2.44. The average Bonchev–Trinajstić information content (AvgIpc) is 3.18. The first kappa shape index (κ1) is 29.0. The number of unbranched alkanes of at least 4 members (excludes halogenated alkanes) is 7. The molecule has 204 valence electrons. The third-order valence-corrected chi connectivity index (χ3v) is 8.43. The third kappa shape index (κ3) is 8.76. The first-order chi connectivity index (χ1) is 17.5. The zero-order valence-electron chi connectivity index (χ0n) is 22.8. The summed E-state index contributed by atoms with van der Waals surface area (Å²) in [6.07, 6.45) is 15.1. The molecule has 0 aliphatic heterocycles. The number of hydrogen-bond acceptors (Lipinski definition) is 5. The molecule has 0 saturated heterocycles. The molecule has 1 aromatic rings. The first-order valence-electron chi connectivity index (χ1n) is 14.8. The van der Waals surface area contributed by atoms with Gasteiger partial charge in [0.2, 0.25) is 0 Å². The minimum absolute atomic E-state index is 0.0540. The number of aliphatic hydroxyl groups is 2. The van der Waals surface area contributed by atoms with Gasteiger partial charge in [-0.2, -0.15) is 0 Å². The monoisotopic (exact) mass is 502 g/mol. The number of rotatable bonds is 17. The van der Waals surface area contributed by atoms with Gasteiger partial charge in [0.25, 0.3) is 0 Å². The summed E-state index contributed by atoms with van der Waals surface area (Å²) in [4.78, 5) is 12.2. The molecular weight excluding hydrogens is 452 g/mol. The van der Waals surface area contributed by atoms with E-state index in [1.165, 1.54) is 49.7 Å². The largest absolute Gasteiger partial charge is 0.482 e. The van der Waals surface area contributed by atoms with Gasteiger partial charge >= 0.3 is 5.97 Å². The Morgan fingerprint density at radius 2 is 1.75 bits per heavy atom. The van der Waals surface area contributed by atoms with E-state index in [4.69, 9.17) is 9.47 Å². The van der Waals surface area contributed by atoms with Crippen molar-refractivity contribution in [3.05, 3.63) is 29.3 Å². The molecule has 1 saturated carbocycles. The Labute approximate surface area is 219 Å². The van der Waals surface area contributed by atoms with Gasteiger partial charge in [-0.3, -0.25) is 0 Å². The number of fused-ring (bicyclic) bond motifs is 2. The van der Waals surface area contributed by atoms with Crippen LogP contribution in [0.2, 0.25) is 0 Å². The number of carbonyl (C=O) groups is 1. The van der Waals surface area contributed by atoms with E-state index >= 15 is 0 Å². The second-order valence-electron chi connectivity index (χ2n) is 11.2. The lowest BCUT2D eigenvalue weighted by atomic mass is 9.73. The van der Waals surface area contributed by atoms with E-state index in [1.807, 2.05) is 12.1 Å². The highest BCUT2D eigenvalue weighted by Crippen LogP contribution is 2.48. The summed E-state index contributed by atoms with van der Waals surface area (Å²) in [5.74, 6) is 1.62. The highest BCUT2D eigenvalue weighted by molar-refractivity contribution is 5.71. The van der Waals surface area contributed by atoms with Crippen molar-refractivity contribution in [2.75, 3.05) is 13.2 Å². The first-order valence-corrected chi connectivity index (χ1v) is 14.8. The molecule has 2 N–H and O–H groups in total. The Kier molecular flexibility index (Phi) is 12.6. The summed E-state index contributed by atoms with van der Waals surface area (Å²) in [7, 11) is 0. The van der Waals surface area contributed by atoms with Crippen LogP contribution in [0.5, 0.6) is 5.75 Å². The maximum absolute atomic E-state index is 12.2. The van der Waals surface area contributed by atoms with E-state index in [0.29, 0.717) is 18.4 Å². The maximum Gasteiger partial charge on any atom is 0.344 e. The fraction of sp³-hybridized carbons (Fsp3) is 0.774. The Morgan fingerprint density at radius 3 is 2.56 bits per heavy atom. The van der Waals surface area contributed by atoms with Gasteiger partial charge in [0.05, 0.1) is 18.8 Å². The van der Waals surface area contributed by atoms with Crippen molar-refractivity contribution in [3.8, 4) is 5.75 Å². The molecule has 0 aromatic heterocycles. The second-order valence-corrected chi connectivity index (χ2v) is 11.2. The number of benzene rings is 1. The van der Waals surface area contributed by atoms with Gasteiger partial charge in [0.15, 0.2) is 6.61 Å². The van der Waals surface area contributed by atoms with E-state index in [1.54, 1.807) is 0 Å². The standard InChI is InChI=1S/C31H50O5/c1-3-5-7-8-9-11-18-35-31(34)22-36-30-15-12-13-23-19-27-24(20-28(23)30)21-29(33)26(27)17-16-25(32)14-10-6-4-2/h12-13,15,24-27,29,32-33H,3-11,14,16-22H2,1-2H3/t24-,25-,26+,27-,29+/m0/s1. The molecule has 0 unspecified atom stereocenters. The average molecular weight is 503 g/mol. The van der Waals surface area contributed by atoms with Crippen molar-refractivity contribution in [2.45, 2.75) is 122 Å². The lowest BCUT2D eigenvalue weighted by Gasteiger charge is -2.32. The van der Waals surface area contributed by atoms with Crippen LogP contribution in [-0.2, 0) is 22.4 Å². The predicted molar refractivity (Wildman–Crippen MR) is 144 cm³/mol. The quantitative estimate of drug-likeness (QED) is 0.190. The summed E-state index contributed by atoms with van der Waals surface area (Å²) in [6, 6.07) is 6.13. The molecular formula is C31H50O5. The van der Waals surface area contributed by atoms with E-state index in [0.717, 1.165) is 63.5 Å². The molecule has 1 aromatic carbocycles. The van der Waals surface area contributed by atoms with Crippen LogP contribution in [0, 0.1) is 17.8 Å². The summed E-state index contributed by atoms with van der Waals surface area (Å²) < 4.78 is 11.3. The van der Waals surface area contributed by atoms with Gasteiger partial charge in [-0.05, 0) is 79.9 Å². The number of esters is 1. The zero-order valence-corrected chi connectivity index (χ0v) is 22.8. The van der Waals surface area contributed by atoms with Crippen molar-refractivity contribution in [1.29, 1.82) is 0 Å². The molecule has 5 nitrogen and oxygen atoms in total. The maximum atomic E-state index is 12.2. The Hall–Kier alpha value is -1.59. The Balaban J connectivity index is 1.46. The van der Waals surface area contributed by atoms with Crippen LogP contribution >= 0.6 is 0 Å². The molecule has 0 amide bonds. The molecule has 5 atom stereocenters. The summed E-state index contributed by atoms with van der Waals surface area (Å²) in [6.45, 7) is 4.81. The van der Waals surface area contributed by atoms with Crippen molar-refractivity contribution >= 4 is 5.97 Å². The molecule has 0 heterocycles. The number of hydrogen-bond donors (Lipinski definition) is 2. The van der Waals surface area contributed by atoms with Gasteiger partial charge in [-0.25, -0.2) is 4.79 Å². The van der Waals surface area contributed by atoms with Gasteiger partial charge in [-0.15, -0.1) is 0 Å². The van der Waals surface area contributed by atoms with E-state index in [-0.39, 0.29) is 30.7 Å². The van der Waals surface area contributed by atoms with E-state index < -0.39 is 0 Å². The molecule has 1 fully saturated rings. The third-order valence-electron chi connectivity index (χ3n) is 8.43. The van der Waals surface area contributed by atoms with Crippen molar-refractivity contribution in [3.63, 3.8) is 0 Å². The Bertz CT molecular complexity index is 778. The Morgan fingerprint density at radius 1 is 1.00 bits per heavy atom. The molecule has 0 radical (unpaired) electrons. The molecule has 2 aliphatic carbocycles. The predicted octanol–water partition coefficient (Wildman–Crippen LogP) is 6.40. The molecule has 2 aliphatic rings.